The highest BCUT2D eigenvalue weighted by molar-refractivity contribution is 7.92. The first-order valence-corrected chi connectivity index (χ1v) is 14.8. The molecular weight excluding hydrogens is 514 g/mol. The molecule has 0 aromatic heterocycles. The summed E-state index contributed by atoms with van der Waals surface area (Å²) in [5, 5.41) is 3.45. The minimum absolute atomic E-state index is 0.0748. The summed E-state index contributed by atoms with van der Waals surface area (Å²) < 4.78 is 31.4. The summed E-state index contributed by atoms with van der Waals surface area (Å²) in [7, 11) is -2.03. The molecule has 10 heteroatoms. The van der Waals surface area contributed by atoms with Crippen molar-refractivity contribution in [1.29, 1.82) is 0 Å². The molecule has 0 radical (unpaired) electrons. The molecule has 2 aromatic carbocycles. The van der Waals surface area contributed by atoms with Crippen molar-refractivity contribution >= 4 is 39.1 Å². The fourth-order valence-corrected chi connectivity index (χ4v) is 5.15. The zero-order valence-electron chi connectivity index (χ0n) is 22.1. The number of carbonyl (C=O) groups excluding carboxylic acids is 2. The molecule has 0 aliphatic carbocycles. The molecule has 0 saturated carbocycles. The lowest BCUT2D eigenvalue weighted by atomic mass is 10.1. The first kappa shape index (κ1) is 30.4. The minimum Gasteiger partial charge on any atom is -0.497 e. The summed E-state index contributed by atoms with van der Waals surface area (Å²) in [4.78, 5) is 28.0. The number of rotatable bonds is 15. The summed E-state index contributed by atoms with van der Waals surface area (Å²) in [6.45, 7) is 4.77. The van der Waals surface area contributed by atoms with E-state index in [2.05, 4.69) is 5.32 Å². The molecule has 2 rings (SSSR count). The highest BCUT2D eigenvalue weighted by atomic mass is 35.5. The maximum Gasteiger partial charge on any atom is 0.242 e. The quantitative estimate of drug-likeness (QED) is 0.326. The van der Waals surface area contributed by atoms with Crippen LogP contribution in [0, 0.1) is 0 Å². The molecule has 1 N–H and O–H groups in total. The van der Waals surface area contributed by atoms with E-state index < -0.39 is 16.1 Å². The number of carbonyl (C=O) groups is 2. The number of anilines is 1. The minimum atomic E-state index is -3.57. The predicted octanol–water partition coefficient (Wildman–Crippen LogP) is 4.62. The Balaban J connectivity index is 2.20. The van der Waals surface area contributed by atoms with Gasteiger partial charge in [0.2, 0.25) is 21.8 Å². The number of hydrogen-bond acceptors (Lipinski definition) is 5. The summed E-state index contributed by atoms with van der Waals surface area (Å²) in [6.07, 6.45) is 3.74. The number of unbranched alkanes of at least 4 members (excludes halogenated alkanes) is 1. The van der Waals surface area contributed by atoms with Crippen LogP contribution in [0.2, 0.25) is 5.02 Å². The largest absolute Gasteiger partial charge is 0.497 e. The number of halogens is 1. The second kappa shape index (κ2) is 14.8. The van der Waals surface area contributed by atoms with Crippen LogP contribution in [-0.2, 0) is 26.2 Å². The van der Waals surface area contributed by atoms with Crippen molar-refractivity contribution in [3.8, 4) is 5.75 Å². The zero-order chi connectivity index (χ0) is 27.4. The van der Waals surface area contributed by atoms with Crippen LogP contribution in [0.4, 0.5) is 5.69 Å². The van der Waals surface area contributed by atoms with Gasteiger partial charge in [-0.05, 0) is 55.2 Å². The Morgan fingerprint density at radius 1 is 1.05 bits per heavy atom. The lowest BCUT2D eigenvalue weighted by Crippen LogP contribution is -2.49. The lowest BCUT2D eigenvalue weighted by molar-refractivity contribution is -0.141. The standard InChI is InChI=1S/C27H38ClN3O5S/c1-5-7-18-29-27(33)25(6-2)30(20-21-11-8-9-12-24(21)28)26(32)13-10-19-31(37(4,34)35)22-14-16-23(36-3)17-15-22/h8-9,11-12,14-17,25H,5-7,10,13,18-20H2,1-4H3,(H,29,33). The first-order valence-electron chi connectivity index (χ1n) is 12.5. The van der Waals surface area contributed by atoms with Crippen molar-refractivity contribution < 1.29 is 22.7 Å². The van der Waals surface area contributed by atoms with Crippen molar-refractivity contribution in [3.05, 3.63) is 59.1 Å². The van der Waals surface area contributed by atoms with Gasteiger partial charge in [0.25, 0.3) is 0 Å². The van der Waals surface area contributed by atoms with E-state index in [1.807, 2.05) is 32.0 Å². The molecule has 2 aromatic rings. The maximum atomic E-state index is 13.5. The van der Waals surface area contributed by atoms with Gasteiger partial charge in [0.05, 0.1) is 19.1 Å². The van der Waals surface area contributed by atoms with Gasteiger partial charge in [0.1, 0.15) is 11.8 Å². The van der Waals surface area contributed by atoms with Gasteiger partial charge in [-0.25, -0.2) is 8.42 Å². The molecule has 0 aliphatic rings. The van der Waals surface area contributed by atoms with E-state index in [0.717, 1.165) is 24.7 Å². The lowest BCUT2D eigenvalue weighted by Gasteiger charge is -2.31. The normalized spacial score (nSPS) is 12.0. The smallest absolute Gasteiger partial charge is 0.242 e. The van der Waals surface area contributed by atoms with Gasteiger partial charge in [-0.1, -0.05) is 50.1 Å². The van der Waals surface area contributed by atoms with Crippen LogP contribution in [0.15, 0.2) is 48.5 Å². The second-order valence-electron chi connectivity index (χ2n) is 8.82. The molecule has 1 unspecified atom stereocenters. The Kier molecular flexibility index (Phi) is 12.2. The van der Waals surface area contributed by atoms with Gasteiger partial charge >= 0.3 is 0 Å². The van der Waals surface area contributed by atoms with Gasteiger partial charge in [-0.3, -0.25) is 13.9 Å². The molecule has 0 bridgehead atoms. The summed E-state index contributed by atoms with van der Waals surface area (Å²) in [6, 6.07) is 13.3. The molecule has 0 aliphatic heterocycles. The summed E-state index contributed by atoms with van der Waals surface area (Å²) >= 11 is 6.37. The Morgan fingerprint density at radius 2 is 1.73 bits per heavy atom. The number of hydrogen-bond donors (Lipinski definition) is 1. The fourth-order valence-electron chi connectivity index (χ4n) is 3.99. The fraction of sp³-hybridized carbons (Fsp3) is 0.481. The molecule has 37 heavy (non-hydrogen) atoms. The molecular formula is C27H38ClN3O5S. The molecule has 0 heterocycles. The average Bonchev–Trinajstić information content (AvgIpc) is 2.87. The molecule has 0 fully saturated rings. The van der Waals surface area contributed by atoms with Gasteiger partial charge in [0.15, 0.2) is 0 Å². The summed E-state index contributed by atoms with van der Waals surface area (Å²) in [5.74, 6) is 0.179. The predicted molar refractivity (Wildman–Crippen MR) is 148 cm³/mol. The van der Waals surface area contributed by atoms with Crippen molar-refractivity contribution in [2.75, 3.05) is 30.8 Å². The van der Waals surface area contributed by atoms with Gasteiger partial charge in [-0.15, -0.1) is 0 Å². The van der Waals surface area contributed by atoms with E-state index >= 15 is 0 Å². The van der Waals surface area contributed by atoms with E-state index in [1.54, 1.807) is 35.2 Å². The Bertz CT molecular complexity index is 1130. The SMILES string of the molecule is CCCCNC(=O)C(CC)N(Cc1ccccc1Cl)C(=O)CCCN(c1ccc(OC)cc1)S(C)(=O)=O. The van der Waals surface area contributed by atoms with E-state index in [9.17, 15) is 18.0 Å². The Morgan fingerprint density at radius 3 is 2.30 bits per heavy atom. The third-order valence-corrected chi connectivity index (χ3v) is 7.59. The number of ether oxygens (including phenoxy) is 1. The van der Waals surface area contributed by atoms with Crippen molar-refractivity contribution in [2.24, 2.45) is 0 Å². The number of benzene rings is 2. The number of nitrogens with one attached hydrogen (secondary N) is 1. The maximum absolute atomic E-state index is 13.5. The average molecular weight is 552 g/mol. The molecule has 2 amide bonds. The van der Waals surface area contributed by atoms with Gasteiger partial charge in [0, 0.05) is 31.1 Å². The molecule has 0 saturated heterocycles. The van der Waals surface area contributed by atoms with E-state index in [4.69, 9.17) is 16.3 Å². The Labute approximate surface area is 226 Å². The highest BCUT2D eigenvalue weighted by Crippen LogP contribution is 2.23. The van der Waals surface area contributed by atoms with E-state index in [1.165, 1.54) is 11.4 Å². The first-order chi connectivity index (χ1) is 17.6. The molecule has 0 spiro atoms. The monoisotopic (exact) mass is 551 g/mol. The van der Waals surface area contributed by atoms with Gasteiger partial charge in [-0.2, -0.15) is 0 Å². The van der Waals surface area contributed by atoms with Crippen molar-refractivity contribution in [2.45, 2.75) is 58.5 Å². The van der Waals surface area contributed by atoms with E-state index in [-0.39, 0.29) is 37.7 Å². The highest BCUT2D eigenvalue weighted by Gasteiger charge is 2.29. The van der Waals surface area contributed by atoms with Crippen LogP contribution >= 0.6 is 11.6 Å². The Hall–Kier alpha value is -2.78. The third-order valence-electron chi connectivity index (χ3n) is 6.03. The van der Waals surface area contributed by atoms with Crippen LogP contribution in [-0.4, -0.2) is 57.6 Å². The van der Waals surface area contributed by atoms with Crippen LogP contribution in [0.5, 0.6) is 5.75 Å². The summed E-state index contributed by atoms with van der Waals surface area (Å²) in [5.41, 5.74) is 1.23. The molecule has 204 valence electrons. The zero-order valence-corrected chi connectivity index (χ0v) is 23.6. The third kappa shape index (κ3) is 9.23. The van der Waals surface area contributed by atoms with Gasteiger partial charge < -0.3 is 15.0 Å². The van der Waals surface area contributed by atoms with Crippen LogP contribution in [0.1, 0.15) is 51.5 Å². The van der Waals surface area contributed by atoms with E-state index in [0.29, 0.717) is 29.4 Å². The van der Waals surface area contributed by atoms with Crippen LogP contribution in [0.25, 0.3) is 0 Å². The van der Waals surface area contributed by atoms with Crippen LogP contribution < -0.4 is 14.4 Å². The van der Waals surface area contributed by atoms with Crippen LogP contribution in [0.3, 0.4) is 0 Å². The number of sulfonamides is 1. The van der Waals surface area contributed by atoms with Crippen molar-refractivity contribution in [3.63, 3.8) is 0 Å². The number of nitrogens with zero attached hydrogens (tertiary/aromatic N) is 2. The van der Waals surface area contributed by atoms with Crippen molar-refractivity contribution in [1.82, 2.24) is 10.2 Å². The molecule has 1 atom stereocenters. The second-order valence-corrected chi connectivity index (χ2v) is 11.1. The topological polar surface area (TPSA) is 96.0 Å². The number of methoxy groups -OCH3 is 1. The number of amides is 2. The molecule has 8 nitrogen and oxygen atoms in total.